The van der Waals surface area contributed by atoms with Crippen LogP contribution in [0.2, 0.25) is 0 Å². The van der Waals surface area contributed by atoms with Crippen LogP contribution in [0.15, 0.2) is 77.7 Å². The van der Waals surface area contributed by atoms with Crippen LogP contribution in [-0.2, 0) is 20.8 Å². The first-order valence-corrected chi connectivity index (χ1v) is 13.9. The molecule has 1 aromatic heterocycles. The topological polar surface area (TPSA) is 97.3 Å². The minimum atomic E-state index is -4.69. The van der Waals surface area contributed by atoms with Crippen molar-refractivity contribution in [2.75, 3.05) is 16.9 Å². The highest BCUT2D eigenvalue weighted by Crippen LogP contribution is 2.38. The molecular formula is C29H26F3N3O4S. The molecule has 0 spiro atoms. The molecule has 0 unspecified atom stereocenters. The molecule has 3 aromatic carbocycles. The maximum Gasteiger partial charge on any atom is 0.418 e. The highest BCUT2D eigenvalue weighted by atomic mass is 32.2. The molecule has 0 aliphatic heterocycles. The molecule has 0 aliphatic carbocycles. The van der Waals surface area contributed by atoms with Crippen LogP contribution in [0.3, 0.4) is 0 Å². The minimum absolute atomic E-state index is 0.0930. The van der Waals surface area contributed by atoms with Gasteiger partial charge in [-0.2, -0.15) is 13.2 Å². The van der Waals surface area contributed by atoms with Crippen LogP contribution in [0.1, 0.15) is 34.2 Å². The molecule has 40 heavy (non-hydrogen) atoms. The molecule has 0 radical (unpaired) electrons. The average Bonchev–Trinajstić information content (AvgIpc) is 3.16. The fourth-order valence-corrected chi connectivity index (χ4v) is 5.06. The summed E-state index contributed by atoms with van der Waals surface area (Å²) in [7, 11) is -3.41. The van der Waals surface area contributed by atoms with Crippen LogP contribution < -0.4 is 10.6 Å². The number of rotatable bonds is 6. The number of halogens is 3. The number of alkyl halides is 3. The van der Waals surface area contributed by atoms with Gasteiger partial charge in [-0.3, -0.25) is 9.59 Å². The number of hydrogen-bond acceptors (Lipinski definition) is 4. The summed E-state index contributed by atoms with van der Waals surface area (Å²) in [6.07, 6.45) is -3.62. The Labute approximate surface area is 229 Å². The van der Waals surface area contributed by atoms with Crippen molar-refractivity contribution in [1.82, 2.24) is 4.57 Å². The van der Waals surface area contributed by atoms with Crippen molar-refractivity contribution in [1.29, 1.82) is 0 Å². The van der Waals surface area contributed by atoms with E-state index in [4.69, 9.17) is 0 Å². The van der Waals surface area contributed by atoms with Crippen molar-refractivity contribution in [3.63, 3.8) is 0 Å². The molecule has 4 rings (SSSR count). The van der Waals surface area contributed by atoms with Gasteiger partial charge in [0.15, 0.2) is 9.84 Å². The summed E-state index contributed by atoms with van der Waals surface area (Å²) in [5, 5.41) is 5.28. The first kappa shape index (κ1) is 28.6. The maximum atomic E-state index is 14.3. The fraction of sp³-hybridized carbons (Fsp3) is 0.172. The highest BCUT2D eigenvalue weighted by molar-refractivity contribution is 7.90. The van der Waals surface area contributed by atoms with Crippen molar-refractivity contribution in [3.05, 3.63) is 95.3 Å². The third-order valence-electron chi connectivity index (χ3n) is 6.30. The Balaban J connectivity index is 1.69. The van der Waals surface area contributed by atoms with Crippen molar-refractivity contribution >= 4 is 33.0 Å². The fourth-order valence-electron chi connectivity index (χ4n) is 4.43. The monoisotopic (exact) mass is 569 g/mol. The Bertz CT molecular complexity index is 1710. The van der Waals surface area contributed by atoms with E-state index in [1.165, 1.54) is 47.9 Å². The molecule has 7 nitrogen and oxygen atoms in total. The quantitative estimate of drug-likeness (QED) is 0.281. The largest absolute Gasteiger partial charge is 0.418 e. The number of anilines is 2. The van der Waals surface area contributed by atoms with Gasteiger partial charge < -0.3 is 15.2 Å². The minimum Gasteiger partial charge on any atom is -0.326 e. The van der Waals surface area contributed by atoms with E-state index < -0.39 is 27.5 Å². The predicted molar refractivity (Wildman–Crippen MR) is 147 cm³/mol. The number of aromatic nitrogens is 1. The van der Waals surface area contributed by atoms with Gasteiger partial charge in [0.2, 0.25) is 5.91 Å². The van der Waals surface area contributed by atoms with Gasteiger partial charge in [-0.05, 0) is 79.6 Å². The number of benzene rings is 3. The predicted octanol–water partition coefficient (Wildman–Crippen LogP) is 6.39. The zero-order valence-electron chi connectivity index (χ0n) is 22.1. The molecule has 208 valence electrons. The highest BCUT2D eigenvalue weighted by Gasteiger charge is 2.35. The van der Waals surface area contributed by atoms with E-state index >= 15 is 0 Å². The van der Waals surface area contributed by atoms with Crippen molar-refractivity contribution in [2.45, 2.75) is 31.8 Å². The first-order valence-electron chi connectivity index (χ1n) is 12.0. The van der Waals surface area contributed by atoms with Gasteiger partial charge >= 0.3 is 6.18 Å². The molecule has 1 heterocycles. The summed E-state index contributed by atoms with van der Waals surface area (Å²) in [4.78, 5) is 24.4. The molecule has 2 amide bonds. The third kappa shape index (κ3) is 6.09. The number of hydrogen-bond donors (Lipinski definition) is 2. The Hall–Kier alpha value is -4.38. The van der Waals surface area contributed by atoms with Gasteiger partial charge in [0, 0.05) is 35.9 Å². The molecule has 0 atom stereocenters. The first-order chi connectivity index (χ1) is 18.6. The van der Waals surface area contributed by atoms with E-state index in [9.17, 15) is 31.2 Å². The van der Waals surface area contributed by atoms with E-state index in [0.29, 0.717) is 33.9 Å². The number of aryl methyl sites for hydroxylation is 1. The number of amides is 2. The molecular weight excluding hydrogens is 543 g/mol. The lowest BCUT2D eigenvalue weighted by atomic mass is 10.0. The van der Waals surface area contributed by atoms with Gasteiger partial charge in [0.25, 0.3) is 5.91 Å². The molecule has 4 aromatic rings. The lowest BCUT2D eigenvalue weighted by Crippen LogP contribution is -2.15. The van der Waals surface area contributed by atoms with E-state index in [0.717, 1.165) is 12.3 Å². The molecule has 0 aliphatic rings. The van der Waals surface area contributed by atoms with Crippen LogP contribution in [0.4, 0.5) is 24.5 Å². The third-order valence-corrected chi connectivity index (χ3v) is 7.43. The number of nitrogens with one attached hydrogen (secondary N) is 2. The molecule has 0 saturated carbocycles. The van der Waals surface area contributed by atoms with Gasteiger partial charge in [0.05, 0.1) is 21.7 Å². The van der Waals surface area contributed by atoms with Gasteiger partial charge in [-0.15, -0.1) is 0 Å². The second kappa shape index (κ2) is 10.6. The SMILES string of the molecule is CC(=O)Nc1ccc(-c2ccc(-n3c(C)cc(C(=O)Nc4ccc(S(C)(=O)=O)cc4)c3C)c(C(F)(F)F)c2)cc1. The maximum absolute atomic E-state index is 14.3. The number of carbonyl (C=O) groups excluding carboxylic acids is 2. The zero-order chi connectivity index (χ0) is 29.4. The lowest BCUT2D eigenvalue weighted by molar-refractivity contribution is -0.137. The summed E-state index contributed by atoms with van der Waals surface area (Å²) in [5.74, 6) is -0.803. The van der Waals surface area contributed by atoms with Crippen LogP contribution in [0, 0.1) is 13.8 Å². The molecule has 11 heteroatoms. The van der Waals surface area contributed by atoms with Gasteiger partial charge in [0.1, 0.15) is 0 Å². The van der Waals surface area contributed by atoms with Crippen LogP contribution in [-0.4, -0.2) is 31.1 Å². The number of sulfone groups is 1. The Morgan fingerprint density at radius 2 is 1.35 bits per heavy atom. The van der Waals surface area contributed by atoms with Crippen LogP contribution in [0.25, 0.3) is 16.8 Å². The number of nitrogens with zero attached hydrogens (tertiary/aromatic N) is 1. The van der Waals surface area contributed by atoms with E-state index in [1.54, 1.807) is 44.2 Å². The average molecular weight is 570 g/mol. The summed E-state index contributed by atoms with van der Waals surface area (Å²) in [6.45, 7) is 4.53. The second-order valence-electron chi connectivity index (χ2n) is 9.36. The second-order valence-corrected chi connectivity index (χ2v) is 11.4. The summed E-state index contributed by atoms with van der Waals surface area (Å²) in [5.41, 5.74) is 1.65. The lowest BCUT2D eigenvalue weighted by Gasteiger charge is -2.18. The van der Waals surface area contributed by atoms with Gasteiger partial charge in [-0.25, -0.2) is 8.42 Å². The van der Waals surface area contributed by atoms with Crippen molar-refractivity contribution in [2.24, 2.45) is 0 Å². The Morgan fingerprint density at radius 1 is 0.800 bits per heavy atom. The zero-order valence-corrected chi connectivity index (χ0v) is 22.9. The van der Waals surface area contributed by atoms with E-state index in [1.807, 2.05) is 0 Å². The van der Waals surface area contributed by atoms with Crippen LogP contribution in [0.5, 0.6) is 0 Å². The van der Waals surface area contributed by atoms with Gasteiger partial charge in [-0.1, -0.05) is 18.2 Å². The van der Waals surface area contributed by atoms with Crippen LogP contribution >= 0.6 is 0 Å². The molecule has 2 N–H and O–H groups in total. The Kier molecular flexibility index (Phi) is 7.62. The molecule has 0 saturated heterocycles. The van der Waals surface area contributed by atoms with Crippen molar-refractivity contribution < 1.29 is 31.2 Å². The van der Waals surface area contributed by atoms with E-state index in [2.05, 4.69) is 10.6 Å². The normalized spacial score (nSPS) is 11.8. The van der Waals surface area contributed by atoms with Crippen molar-refractivity contribution in [3.8, 4) is 16.8 Å². The Morgan fingerprint density at radius 3 is 1.90 bits per heavy atom. The summed E-state index contributed by atoms with van der Waals surface area (Å²) < 4.78 is 67.6. The smallest absolute Gasteiger partial charge is 0.326 e. The standard InChI is InChI=1S/C29H26F3N3O4S/c1-17-15-25(28(37)34-23-10-12-24(13-11-23)40(4,38)39)18(2)35(17)27-14-7-21(16-26(27)29(30,31)32)20-5-8-22(9-6-20)33-19(3)36/h5-16H,1-4H3,(H,33,36)(H,34,37). The van der Waals surface area contributed by atoms with E-state index in [-0.39, 0.29) is 22.1 Å². The summed E-state index contributed by atoms with van der Waals surface area (Å²) in [6, 6.07) is 17.6. The molecule has 0 fully saturated rings. The summed E-state index contributed by atoms with van der Waals surface area (Å²) >= 11 is 0. The molecule has 0 bridgehead atoms. The number of carbonyl (C=O) groups is 2.